The lowest BCUT2D eigenvalue weighted by molar-refractivity contribution is -0.870. The van der Waals surface area contributed by atoms with Crippen molar-refractivity contribution in [3.8, 4) is 0 Å². The van der Waals surface area contributed by atoms with Crippen molar-refractivity contribution in [2.45, 2.75) is 341 Å². The second-order valence-electron chi connectivity index (χ2n) is 26.6. The Labute approximate surface area is 564 Å². The van der Waals surface area contributed by atoms with E-state index >= 15 is 0 Å². The van der Waals surface area contributed by atoms with Crippen molar-refractivity contribution in [3.05, 3.63) is 134 Å². The van der Waals surface area contributed by atoms with Gasteiger partial charge in [0.25, 0.3) is 0 Å². The summed E-state index contributed by atoms with van der Waals surface area (Å²) in [6, 6.07) is -0.880. The second kappa shape index (κ2) is 70.9. The molecule has 8 nitrogen and oxygen atoms in total. The van der Waals surface area contributed by atoms with Gasteiger partial charge in [0.15, 0.2) is 0 Å². The van der Waals surface area contributed by atoms with Crippen LogP contribution >= 0.6 is 7.82 Å². The van der Waals surface area contributed by atoms with Gasteiger partial charge in [-0.3, -0.25) is 13.8 Å². The summed E-state index contributed by atoms with van der Waals surface area (Å²) >= 11 is 0. The van der Waals surface area contributed by atoms with Crippen molar-refractivity contribution in [1.82, 2.24) is 5.32 Å². The first-order valence-electron chi connectivity index (χ1n) is 38.1. The average Bonchev–Trinajstić information content (AvgIpc) is 3.58. The number of allylic oxidation sites excluding steroid dienone is 21. The molecule has 0 aromatic carbocycles. The maximum Gasteiger partial charge on any atom is 0.472 e. The number of carbonyl (C=O) groups excluding carboxylic acids is 1. The molecule has 3 N–H and O–H groups in total. The molecule has 0 aromatic heterocycles. The summed E-state index contributed by atoms with van der Waals surface area (Å²) in [5, 5.41) is 14.0. The van der Waals surface area contributed by atoms with Crippen LogP contribution in [-0.2, 0) is 18.4 Å². The number of amides is 1. The van der Waals surface area contributed by atoms with E-state index in [2.05, 4.69) is 141 Å². The summed E-state index contributed by atoms with van der Waals surface area (Å²) < 4.78 is 23.8. The Morgan fingerprint density at radius 3 is 1.01 bits per heavy atom. The van der Waals surface area contributed by atoms with Gasteiger partial charge in [0.1, 0.15) is 13.2 Å². The predicted molar refractivity (Wildman–Crippen MR) is 401 cm³/mol. The van der Waals surface area contributed by atoms with Crippen molar-refractivity contribution in [3.63, 3.8) is 0 Å². The highest BCUT2D eigenvalue weighted by Gasteiger charge is 2.28. The molecule has 3 atom stereocenters. The number of nitrogens with zero attached hydrogens (tertiary/aromatic N) is 1. The number of phosphoric ester groups is 1. The Kier molecular flexibility index (Phi) is 68.3. The fourth-order valence-corrected chi connectivity index (χ4v) is 11.5. The van der Waals surface area contributed by atoms with Crippen LogP contribution in [0.4, 0.5) is 0 Å². The van der Waals surface area contributed by atoms with Crippen molar-refractivity contribution in [1.29, 1.82) is 0 Å². The SMILES string of the molecule is CC/C=C\C/C=C\C/C=C\C/C=C\C/C=C\C/C=C\C/C=C\C/C=C\CCCCCCCCCCCCCCCCC(=O)NC(COP(=O)(O)OCC[N+](C)(C)C)C(O)/C=C/CC/C=C/CC/C=C/CCCCCCCCCCCCCCCCCCCCCC. The number of rotatable bonds is 69. The maximum atomic E-state index is 13.1. The van der Waals surface area contributed by atoms with Crippen molar-refractivity contribution >= 4 is 13.7 Å². The summed E-state index contributed by atoms with van der Waals surface area (Å²) in [4.78, 5) is 23.5. The van der Waals surface area contributed by atoms with E-state index in [1.807, 2.05) is 27.2 Å². The number of nitrogens with one attached hydrogen (secondary N) is 1. The molecule has 0 aliphatic carbocycles. The Hall–Kier alpha value is -3.36. The predicted octanol–water partition coefficient (Wildman–Crippen LogP) is 24.9. The number of carbonyl (C=O) groups is 1. The smallest absolute Gasteiger partial charge is 0.387 e. The lowest BCUT2D eigenvalue weighted by Crippen LogP contribution is -2.45. The minimum Gasteiger partial charge on any atom is -0.387 e. The minimum absolute atomic E-state index is 0.0486. The standard InChI is InChI=1S/C82H145N2O6P/c1-6-8-10-12-14-16-18-20-22-24-26-28-30-32-34-36-38-39-40-41-42-43-44-45-46-48-50-52-54-56-58-60-62-64-66-68-70-72-74-76-82(86)83-80(79-90-91(87,88)89-78-77-84(3,4)5)81(85)75-73-71-69-67-65-63-61-59-57-55-53-51-49-47-37-35-33-31-29-27-25-23-21-19-17-15-13-11-9-7-2/h8,10,14,16,20,22,26,28,32,34,38-39,41-42,44-45,57,59,65,67,73,75,80-81,85H,6-7,9,11-13,15,17-19,21,23-25,27,29-31,33,35-37,40,43,46-56,58,60-64,66,68-72,74,76-79H2,1-5H3,(H-,83,86,87,88)/p+1/b10-8-,16-14-,22-20-,28-26-,34-32-,39-38-,42-41-,45-44-,59-57+,67-65+,75-73+. The van der Waals surface area contributed by atoms with Gasteiger partial charge in [-0.1, -0.05) is 347 Å². The Balaban J connectivity index is 4.10. The number of quaternary nitrogens is 1. The zero-order valence-electron chi connectivity index (χ0n) is 60.0. The topological polar surface area (TPSA) is 105 Å². The maximum absolute atomic E-state index is 13.1. The lowest BCUT2D eigenvalue weighted by atomic mass is 10.0. The van der Waals surface area contributed by atoms with Gasteiger partial charge in [-0.25, -0.2) is 4.57 Å². The molecule has 0 aliphatic heterocycles. The number of hydrogen-bond acceptors (Lipinski definition) is 5. The Morgan fingerprint density at radius 1 is 0.385 bits per heavy atom. The molecule has 0 spiro atoms. The molecule has 524 valence electrons. The van der Waals surface area contributed by atoms with E-state index in [9.17, 15) is 19.4 Å². The van der Waals surface area contributed by atoms with Crippen LogP contribution in [0.1, 0.15) is 328 Å². The fourth-order valence-electron chi connectivity index (χ4n) is 10.7. The quantitative estimate of drug-likeness (QED) is 0.0243. The highest BCUT2D eigenvalue weighted by molar-refractivity contribution is 7.47. The van der Waals surface area contributed by atoms with Crippen molar-refractivity contribution in [2.75, 3.05) is 40.9 Å². The molecule has 0 fully saturated rings. The molecular weight excluding hydrogens is 1140 g/mol. The molecule has 9 heteroatoms. The van der Waals surface area contributed by atoms with Crippen LogP contribution in [0.25, 0.3) is 0 Å². The number of hydrogen-bond donors (Lipinski definition) is 3. The first-order valence-corrected chi connectivity index (χ1v) is 39.6. The average molecular weight is 1290 g/mol. The van der Waals surface area contributed by atoms with Crippen LogP contribution in [0, 0.1) is 0 Å². The highest BCUT2D eigenvalue weighted by Crippen LogP contribution is 2.43. The summed E-state index contributed by atoms with van der Waals surface area (Å²) in [6.45, 7) is 4.70. The number of likely N-dealkylation sites (N-methyl/N-ethyl adjacent to an activating group) is 1. The second-order valence-corrected chi connectivity index (χ2v) is 28.1. The Bertz CT molecular complexity index is 1950. The van der Waals surface area contributed by atoms with Gasteiger partial charge in [0.2, 0.25) is 5.91 Å². The molecule has 0 heterocycles. The molecule has 0 saturated heterocycles. The summed E-state index contributed by atoms with van der Waals surface area (Å²) in [5.41, 5.74) is 0. The molecule has 0 aliphatic rings. The van der Waals surface area contributed by atoms with Crippen LogP contribution < -0.4 is 5.32 Å². The summed E-state index contributed by atoms with van der Waals surface area (Å²) in [5.74, 6) is -0.193. The van der Waals surface area contributed by atoms with Crippen molar-refractivity contribution < 1.29 is 32.9 Å². The number of unbranched alkanes of at least 4 members (excludes halogenated alkanes) is 36. The van der Waals surface area contributed by atoms with Gasteiger partial charge in [0, 0.05) is 6.42 Å². The third-order valence-corrected chi connectivity index (χ3v) is 17.6. The third kappa shape index (κ3) is 73.9. The van der Waals surface area contributed by atoms with Gasteiger partial charge in [0.05, 0.1) is 39.9 Å². The molecule has 0 saturated carbocycles. The van der Waals surface area contributed by atoms with Gasteiger partial charge in [-0.2, -0.15) is 0 Å². The molecule has 1 amide bonds. The van der Waals surface area contributed by atoms with E-state index in [0.29, 0.717) is 17.4 Å². The van der Waals surface area contributed by atoms with Gasteiger partial charge >= 0.3 is 7.82 Å². The molecular formula is C82H146N2O6P+. The number of aliphatic hydroxyl groups is 1. The monoisotopic (exact) mass is 1290 g/mol. The van der Waals surface area contributed by atoms with Crippen molar-refractivity contribution in [2.24, 2.45) is 0 Å². The zero-order valence-corrected chi connectivity index (χ0v) is 60.9. The van der Waals surface area contributed by atoms with E-state index in [1.54, 1.807) is 6.08 Å². The molecule has 91 heavy (non-hydrogen) atoms. The Morgan fingerprint density at radius 2 is 0.670 bits per heavy atom. The van der Waals surface area contributed by atoms with E-state index < -0.39 is 20.0 Å². The lowest BCUT2D eigenvalue weighted by Gasteiger charge is -2.25. The molecule has 3 unspecified atom stereocenters. The summed E-state index contributed by atoms with van der Waals surface area (Å²) in [6.07, 6.45) is 108. The van der Waals surface area contributed by atoms with Crippen LogP contribution in [0.15, 0.2) is 134 Å². The minimum atomic E-state index is -4.38. The summed E-state index contributed by atoms with van der Waals surface area (Å²) in [7, 11) is 1.54. The molecule has 0 radical (unpaired) electrons. The third-order valence-electron chi connectivity index (χ3n) is 16.6. The number of aliphatic hydroxyl groups excluding tert-OH is 1. The molecule has 0 rings (SSSR count). The normalized spacial score (nSPS) is 14.3. The van der Waals surface area contributed by atoms with E-state index in [0.717, 1.165) is 96.3 Å². The van der Waals surface area contributed by atoms with Crippen LogP contribution in [0.2, 0.25) is 0 Å². The van der Waals surface area contributed by atoms with Gasteiger partial charge < -0.3 is 19.8 Å². The highest BCUT2D eigenvalue weighted by atomic mass is 31.2. The largest absolute Gasteiger partial charge is 0.472 e. The van der Waals surface area contributed by atoms with E-state index in [-0.39, 0.29) is 19.1 Å². The van der Waals surface area contributed by atoms with Gasteiger partial charge in [-0.05, 0) is 109 Å². The molecule has 0 bridgehead atoms. The first-order chi connectivity index (χ1) is 44.5. The van der Waals surface area contributed by atoms with Crippen LogP contribution in [0.5, 0.6) is 0 Å². The van der Waals surface area contributed by atoms with Crippen LogP contribution in [0.3, 0.4) is 0 Å². The number of phosphoric acid groups is 1. The van der Waals surface area contributed by atoms with E-state index in [1.165, 1.54) is 212 Å². The van der Waals surface area contributed by atoms with Crippen LogP contribution in [-0.4, -0.2) is 73.4 Å². The fraction of sp³-hybridized carbons (Fsp3) is 0.720. The van der Waals surface area contributed by atoms with E-state index in [4.69, 9.17) is 9.05 Å². The first kappa shape index (κ1) is 87.6. The zero-order chi connectivity index (χ0) is 66.2. The van der Waals surface area contributed by atoms with Gasteiger partial charge in [-0.15, -0.1) is 0 Å². The molecule has 0 aromatic rings.